The lowest BCUT2D eigenvalue weighted by atomic mass is 10.1. The molecule has 2 aromatic carbocycles. The van der Waals surface area contributed by atoms with Crippen molar-refractivity contribution in [3.05, 3.63) is 59.8 Å². The Morgan fingerprint density at radius 3 is 2.50 bits per heavy atom. The van der Waals surface area contributed by atoms with Crippen molar-refractivity contribution < 1.29 is 26.7 Å². The second kappa shape index (κ2) is 6.76. The number of sulfone groups is 1. The summed E-state index contributed by atoms with van der Waals surface area (Å²) in [6, 6.07) is 12.2. The lowest BCUT2D eigenvalue weighted by Crippen LogP contribution is -2.22. The zero-order valence-electron chi connectivity index (χ0n) is 16.0. The number of rotatable bonds is 4. The van der Waals surface area contributed by atoms with Crippen molar-refractivity contribution in [3.63, 3.8) is 0 Å². The summed E-state index contributed by atoms with van der Waals surface area (Å²) in [5.41, 5.74) is 0.624. The van der Waals surface area contributed by atoms with Crippen LogP contribution in [0.3, 0.4) is 0 Å². The van der Waals surface area contributed by atoms with Gasteiger partial charge in [-0.3, -0.25) is 0 Å². The number of sulfonamides is 1. The lowest BCUT2D eigenvalue weighted by Gasteiger charge is -2.19. The number of carboxylic acid groups (broad SMARTS) is 1. The smallest absolute Gasteiger partial charge is 0.356 e. The van der Waals surface area contributed by atoms with Crippen molar-refractivity contribution in [2.24, 2.45) is 0 Å². The molecule has 0 amide bonds. The van der Waals surface area contributed by atoms with Crippen molar-refractivity contribution in [2.75, 3.05) is 14.1 Å². The molecule has 156 valence electrons. The molecule has 9 nitrogen and oxygen atoms in total. The van der Waals surface area contributed by atoms with Crippen molar-refractivity contribution in [3.8, 4) is 16.9 Å². The van der Waals surface area contributed by atoms with E-state index in [2.05, 4.69) is 5.10 Å². The number of carboxylic acids is 1. The molecular weight excluding hydrogens is 430 g/mol. The molecule has 3 aromatic rings. The highest BCUT2D eigenvalue weighted by atomic mass is 32.2. The summed E-state index contributed by atoms with van der Waals surface area (Å²) >= 11 is 0. The molecule has 0 saturated heterocycles. The quantitative estimate of drug-likeness (QED) is 0.646. The summed E-state index contributed by atoms with van der Waals surface area (Å²) in [5, 5.41) is 13.7. The van der Waals surface area contributed by atoms with Gasteiger partial charge in [-0.25, -0.2) is 30.6 Å². The molecule has 0 radical (unpaired) electrons. The first kappa shape index (κ1) is 20.3. The maximum Gasteiger partial charge on any atom is 0.356 e. The van der Waals surface area contributed by atoms with E-state index in [0.717, 1.165) is 4.31 Å². The standard InChI is InChI=1S/C19H17N3O6S2/c1-21(2)30(27,28)13-7-5-6-12(10-13)22-18-14-8-3-4-9-16(14)29(25,26)11-15(18)17(20-22)19(23)24/h3-10H,11H2,1-2H3,(H,23,24). The third-order valence-corrected chi connectivity index (χ3v) is 8.34. The van der Waals surface area contributed by atoms with E-state index in [1.807, 2.05) is 0 Å². The maximum atomic E-state index is 12.7. The molecule has 0 spiro atoms. The Morgan fingerprint density at radius 1 is 1.13 bits per heavy atom. The molecule has 1 N–H and O–H groups in total. The third-order valence-electron chi connectivity index (χ3n) is 4.84. The number of nitrogens with zero attached hydrogens (tertiary/aromatic N) is 3. The molecule has 0 saturated carbocycles. The van der Waals surface area contributed by atoms with Crippen molar-refractivity contribution in [2.45, 2.75) is 15.5 Å². The van der Waals surface area contributed by atoms with Gasteiger partial charge in [-0.2, -0.15) is 5.10 Å². The van der Waals surface area contributed by atoms with E-state index in [0.29, 0.717) is 16.9 Å². The van der Waals surface area contributed by atoms with E-state index < -0.39 is 31.6 Å². The molecule has 1 aliphatic heterocycles. The summed E-state index contributed by atoms with van der Waals surface area (Å²) in [5.74, 6) is -1.87. The summed E-state index contributed by atoms with van der Waals surface area (Å²) in [6.07, 6.45) is 0. The van der Waals surface area contributed by atoms with Crippen LogP contribution in [0.15, 0.2) is 58.3 Å². The Morgan fingerprint density at radius 2 is 1.83 bits per heavy atom. The Kier molecular flexibility index (Phi) is 4.56. The maximum absolute atomic E-state index is 12.7. The summed E-state index contributed by atoms with van der Waals surface area (Å²) in [4.78, 5) is 11.9. The fourth-order valence-corrected chi connectivity index (χ4v) is 5.95. The predicted molar refractivity (Wildman–Crippen MR) is 108 cm³/mol. The lowest BCUT2D eigenvalue weighted by molar-refractivity contribution is 0.0689. The molecule has 0 bridgehead atoms. The second-order valence-electron chi connectivity index (χ2n) is 6.93. The Bertz CT molecular complexity index is 1410. The van der Waals surface area contributed by atoms with E-state index in [4.69, 9.17) is 0 Å². The van der Waals surface area contributed by atoms with Gasteiger partial charge in [0.15, 0.2) is 15.5 Å². The first-order chi connectivity index (χ1) is 14.0. The van der Waals surface area contributed by atoms with E-state index in [1.54, 1.807) is 24.3 Å². The molecule has 0 atom stereocenters. The van der Waals surface area contributed by atoms with Crippen LogP contribution in [0.2, 0.25) is 0 Å². The van der Waals surface area contributed by atoms with Crippen LogP contribution in [-0.4, -0.2) is 56.1 Å². The summed E-state index contributed by atoms with van der Waals surface area (Å²) in [7, 11) is -4.67. The number of aromatic carboxylic acids is 1. The molecule has 1 aromatic heterocycles. The highest BCUT2D eigenvalue weighted by Crippen LogP contribution is 2.40. The van der Waals surface area contributed by atoms with E-state index in [9.17, 15) is 26.7 Å². The number of benzene rings is 2. The number of fused-ring (bicyclic) bond motifs is 3. The Balaban J connectivity index is 2.04. The monoisotopic (exact) mass is 447 g/mol. The van der Waals surface area contributed by atoms with Gasteiger partial charge in [-0.15, -0.1) is 0 Å². The molecule has 4 rings (SSSR count). The van der Waals surface area contributed by atoms with Gasteiger partial charge in [0.05, 0.1) is 26.9 Å². The van der Waals surface area contributed by atoms with Crippen LogP contribution in [0.25, 0.3) is 16.9 Å². The van der Waals surface area contributed by atoms with Crippen LogP contribution < -0.4 is 0 Å². The van der Waals surface area contributed by atoms with Crippen LogP contribution in [0.4, 0.5) is 0 Å². The minimum absolute atomic E-state index is 0.00263. The minimum atomic E-state index is -3.74. The van der Waals surface area contributed by atoms with Gasteiger partial charge in [-0.1, -0.05) is 24.3 Å². The van der Waals surface area contributed by atoms with E-state index in [1.165, 1.54) is 43.0 Å². The largest absolute Gasteiger partial charge is 0.476 e. The fraction of sp³-hybridized carbons (Fsp3) is 0.158. The van der Waals surface area contributed by atoms with Crippen molar-refractivity contribution >= 4 is 25.8 Å². The molecule has 1 aliphatic rings. The topological polar surface area (TPSA) is 127 Å². The van der Waals surface area contributed by atoms with Gasteiger partial charge in [0.25, 0.3) is 0 Å². The van der Waals surface area contributed by atoms with Crippen LogP contribution in [0.5, 0.6) is 0 Å². The first-order valence-corrected chi connectivity index (χ1v) is 11.8. The zero-order valence-corrected chi connectivity index (χ0v) is 17.6. The molecule has 2 heterocycles. The first-order valence-electron chi connectivity index (χ1n) is 8.74. The van der Waals surface area contributed by atoms with E-state index >= 15 is 0 Å². The van der Waals surface area contributed by atoms with Gasteiger partial charge in [-0.05, 0) is 24.3 Å². The van der Waals surface area contributed by atoms with Gasteiger partial charge in [0, 0.05) is 25.2 Å². The normalized spacial score (nSPS) is 14.9. The van der Waals surface area contributed by atoms with Crippen LogP contribution >= 0.6 is 0 Å². The predicted octanol–water partition coefficient (Wildman–Crippen LogP) is 1.78. The number of hydrogen-bond donors (Lipinski definition) is 1. The summed E-state index contributed by atoms with van der Waals surface area (Å²) in [6.45, 7) is 0. The molecule has 0 aliphatic carbocycles. The van der Waals surface area contributed by atoms with Gasteiger partial charge >= 0.3 is 5.97 Å². The van der Waals surface area contributed by atoms with Crippen LogP contribution in [0.1, 0.15) is 16.1 Å². The van der Waals surface area contributed by atoms with Crippen molar-refractivity contribution in [1.29, 1.82) is 0 Å². The minimum Gasteiger partial charge on any atom is -0.476 e. The fourth-order valence-electron chi connectivity index (χ4n) is 3.41. The number of carbonyl (C=O) groups is 1. The number of hydrogen-bond acceptors (Lipinski definition) is 6. The van der Waals surface area contributed by atoms with Crippen LogP contribution in [-0.2, 0) is 25.6 Å². The third kappa shape index (κ3) is 3.02. The van der Waals surface area contributed by atoms with Crippen LogP contribution in [0, 0.1) is 0 Å². The molecular formula is C19H17N3O6S2. The molecule has 30 heavy (non-hydrogen) atoms. The number of aromatic nitrogens is 2. The summed E-state index contributed by atoms with van der Waals surface area (Å²) < 4.78 is 52.8. The second-order valence-corrected chi connectivity index (χ2v) is 11.0. The van der Waals surface area contributed by atoms with Crippen molar-refractivity contribution in [1.82, 2.24) is 14.1 Å². The average Bonchev–Trinajstić information content (AvgIpc) is 3.07. The molecule has 0 unspecified atom stereocenters. The SMILES string of the molecule is CN(C)S(=O)(=O)c1cccc(-n2nc(C(=O)O)c3c2-c2ccccc2S(=O)(=O)C3)c1. The van der Waals surface area contributed by atoms with Gasteiger partial charge < -0.3 is 5.11 Å². The van der Waals surface area contributed by atoms with Gasteiger partial charge in [0.2, 0.25) is 10.0 Å². The molecule has 0 fully saturated rings. The average molecular weight is 447 g/mol. The molecule has 11 heteroatoms. The zero-order chi connectivity index (χ0) is 21.8. The van der Waals surface area contributed by atoms with Gasteiger partial charge in [0.1, 0.15) is 0 Å². The Labute approximate surface area is 173 Å². The highest BCUT2D eigenvalue weighted by molar-refractivity contribution is 7.91. The van der Waals surface area contributed by atoms with E-state index in [-0.39, 0.29) is 21.0 Å². The highest BCUT2D eigenvalue weighted by Gasteiger charge is 2.36. The Hall–Kier alpha value is -3.02.